The summed E-state index contributed by atoms with van der Waals surface area (Å²) >= 11 is 0. The van der Waals surface area contributed by atoms with Gasteiger partial charge >= 0.3 is 0 Å². The zero-order chi connectivity index (χ0) is 15.2. The molecule has 1 unspecified atom stereocenters. The molecule has 1 aromatic rings. The van der Waals surface area contributed by atoms with Gasteiger partial charge in [-0.3, -0.25) is 0 Å². The number of unbranched alkanes of at least 4 members (excludes halogenated alkanes) is 2. The predicted octanol–water partition coefficient (Wildman–Crippen LogP) is 4.74. The fraction of sp³-hybridized carbons (Fsp3) is 0.625. The van der Waals surface area contributed by atoms with Crippen molar-refractivity contribution in [2.45, 2.75) is 68.9 Å². The molecule has 0 saturated carbocycles. The lowest BCUT2D eigenvalue weighted by molar-refractivity contribution is 0.455. The average Bonchev–Trinajstić information content (AvgIpc) is 2.39. The van der Waals surface area contributed by atoms with Crippen LogP contribution >= 0.6 is 0 Å². The lowest BCUT2D eigenvalue weighted by atomic mass is 9.97. The Morgan fingerprint density at radius 1 is 1.00 bits per heavy atom. The number of hydrogen-bond donors (Lipinski definition) is 0. The van der Waals surface area contributed by atoms with Gasteiger partial charge in [0.2, 0.25) is 0 Å². The van der Waals surface area contributed by atoms with E-state index in [0.717, 1.165) is 25.7 Å². The van der Waals surface area contributed by atoms with Gasteiger partial charge < -0.3 is 0 Å². The molecule has 114 valence electrons. The fourth-order valence-corrected chi connectivity index (χ4v) is 4.52. The summed E-state index contributed by atoms with van der Waals surface area (Å²) in [5.41, 5.74) is 0. The van der Waals surface area contributed by atoms with E-state index >= 15 is 0 Å². The van der Waals surface area contributed by atoms with E-state index < -0.39 is 20.4 Å². The molecule has 0 heterocycles. The summed E-state index contributed by atoms with van der Waals surface area (Å²) in [5.74, 6) is -0.410. The molecule has 2 nitrogen and oxygen atoms in total. The van der Waals surface area contributed by atoms with Gasteiger partial charge in [0, 0.05) is 0 Å². The highest BCUT2D eigenvalue weighted by atomic mass is 32.2. The van der Waals surface area contributed by atoms with E-state index in [1.54, 1.807) is 0 Å². The number of rotatable bonds is 8. The minimum atomic E-state index is -3.43. The maximum absolute atomic E-state index is 13.0. The second kappa shape index (κ2) is 7.21. The summed E-state index contributed by atoms with van der Waals surface area (Å²) in [7, 11) is -3.43. The smallest absolute Gasteiger partial charge is 0.183 e. The summed E-state index contributed by atoms with van der Waals surface area (Å²) in [4.78, 5) is 0.228. The van der Waals surface area contributed by atoms with Gasteiger partial charge in [-0.25, -0.2) is 12.8 Å². The van der Waals surface area contributed by atoms with Crippen molar-refractivity contribution < 1.29 is 12.8 Å². The van der Waals surface area contributed by atoms with Crippen LogP contribution in [0.2, 0.25) is 0 Å². The summed E-state index contributed by atoms with van der Waals surface area (Å²) < 4.78 is 37.9. The molecule has 0 aliphatic carbocycles. The molecular weight excluding hydrogens is 275 g/mol. The molecule has 0 spiro atoms. The van der Waals surface area contributed by atoms with Crippen molar-refractivity contribution >= 4 is 9.84 Å². The molecule has 0 aromatic heterocycles. The summed E-state index contributed by atoms with van der Waals surface area (Å²) in [6, 6.07) is 5.17. The van der Waals surface area contributed by atoms with E-state index in [1.165, 1.54) is 24.3 Å². The zero-order valence-electron chi connectivity index (χ0n) is 12.7. The maximum Gasteiger partial charge on any atom is 0.183 e. The van der Waals surface area contributed by atoms with Crippen LogP contribution in [0.25, 0.3) is 0 Å². The minimum absolute atomic E-state index is 0.228. The number of halogens is 1. The van der Waals surface area contributed by atoms with E-state index in [4.69, 9.17) is 0 Å². The highest BCUT2D eigenvalue weighted by molar-refractivity contribution is 7.92. The molecule has 0 N–H and O–H groups in total. The topological polar surface area (TPSA) is 34.1 Å². The second-order valence-electron chi connectivity index (χ2n) is 5.61. The first-order chi connectivity index (χ1) is 9.37. The van der Waals surface area contributed by atoms with Gasteiger partial charge in [0.15, 0.2) is 9.84 Å². The molecule has 1 rings (SSSR count). The third-order valence-corrected chi connectivity index (χ3v) is 6.46. The van der Waals surface area contributed by atoms with E-state index in [9.17, 15) is 12.8 Å². The molecule has 4 heteroatoms. The molecule has 0 radical (unpaired) electrons. The van der Waals surface area contributed by atoms with Gasteiger partial charge in [0.1, 0.15) is 5.82 Å². The lowest BCUT2D eigenvalue weighted by Crippen LogP contribution is -2.35. The van der Waals surface area contributed by atoms with Crippen LogP contribution < -0.4 is 0 Å². The first-order valence-corrected chi connectivity index (χ1v) is 8.86. The van der Waals surface area contributed by atoms with Gasteiger partial charge in [-0.1, -0.05) is 39.5 Å². The average molecular weight is 300 g/mol. The van der Waals surface area contributed by atoms with Crippen molar-refractivity contribution in [3.05, 3.63) is 30.1 Å². The number of benzene rings is 1. The Balaban J connectivity index is 3.07. The summed E-state index contributed by atoms with van der Waals surface area (Å²) in [5, 5.41) is 0. The monoisotopic (exact) mass is 300 g/mol. The van der Waals surface area contributed by atoms with Crippen molar-refractivity contribution in [3.8, 4) is 0 Å². The van der Waals surface area contributed by atoms with Crippen LogP contribution in [0.1, 0.15) is 59.3 Å². The van der Waals surface area contributed by atoms with Crippen molar-refractivity contribution in [3.63, 3.8) is 0 Å². The Labute approximate surface area is 122 Å². The Kier molecular flexibility index (Phi) is 6.18. The zero-order valence-corrected chi connectivity index (χ0v) is 13.5. The highest BCUT2D eigenvalue weighted by Gasteiger charge is 2.38. The Hall–Kier alpha value is -0.900. The molecule has 0 aliphatic rings. The van der Waals surface area contributed by atoms with Gasteiger partial charge in [-0.15, -0.1) is 0 Å². The molecule has 20 heavy (non-hydrogen) atoms. The van der Waals surface area contributed by atoms with E-state index in [1.807, 2.05) is 13.8 Å². The molecule has 0 amide bonds. The van der Waals surface area contributed by atoms with Crippen LogP contribution in [0.15, 0.2) is 29.2 Å². The summed E-state index contributed by atoms with van der Waals surface area (Å²) in [6.07, 6.45) is 5.14. The van der Waals surface area contributed by atoms with Crippen LogP contribution in [0.4, 0.5) is 4.39 Å². The van der Waals surface area contributed by atoms with Crippen molar-refractivity contribution in [2.24, 2.45) is 0 Å². The van der Waals surface area contributed by atoms with E-state index in [2.05, 4.69) is 6.92 Å². The standard InChI is InChI=1S/C16H25FO2S/c1-4-6-7-13-16(3,12-5-2)20(18,19)15-10-8-14(17)9-11-15/h8-11H,4-7,12-13H2,1-3H3. The van der Waals surface area contributed by atoms with Crippen molar-refractivity contribution in [1.29, 1.82) is 0 Å². The largest absolute Gasteiger partial charge is 0.223 e. The minimum Gasteiger partial charge on any atom is -0.223 e. The molecular formula is C16H25FO2S. The fourth-order valence-electron chi connectivity index (χ4n) is 2.57. The first kappa shape index (κ1) is 17.2. The van der Waals surface area contributed by atoms with Crippen molar-refractivity contribution in [2.75, 3.05) is 0 Å². The van der Waals surface area contributed by atoms with E-state index in [-0.39, 0.29) is 4.90 Å². The second-order valence-corrected chi connectivity index (χ2v) is 8.08. The lowest BCUT2D eigenvalue weighted by Gasteiger charge is -2.29. The molecule has 0 aliphatic heterocycles. The SMILES string of the molecule is CCCCCC(C)(CCC)S(=O)(=O)c1ccc(F)cc1. The van der Waals surface area contributed by atoms with Gasteiger partial charge in [0.25, 0.3) is 0 Å². The molecule has 0 bridgehead atoms. The molecule has 1 atom stereocenters. The summed E-state index contributed by atoms with van der Waals surface area (Å²) in [6.45, 7) is 5.93. The van der Waals surface area contributed by atoms with Gasteiger partial charge in [-0.2, -0.15) is 0 Å². The van der Waals surface area contributed by atoms with Crippen LogP contribution in [0, 0.1) is 5.82 Å². The third kappa shape index (κ3) is 3.81. The Bertz CT molecular complexity index is 508. The molecule has 0 saturated heterocycles. The van der Waals surface area contributed by atoms with E-state index in [0.29, 0.717) is 12.8 Å². The van der Waals surface area contributed by atoms with Gasteiger partial charge in [0.05, 0.1) is 9.64 Å². The number of hydrogen-bond acceptors (Lipinski definition) is 2. The van der Waals surface area contributed by atoms with Crippen LogP contribution in [0.3, 0.4) is 0 Å². The van der Waals surface area contributed by atoms with Gasteiger partial charge in [-0.05, 0) is 44.0 Å². The van der Waals surface area contributed by atoms with Crippen LogP contribution in [0.5, 0.6) is 0 Å². The quantitative estimate of drug-likeness (QED) is 0.513. The number of sulfone groups is 1. The maximum atomic E-state index is 13.0. The van der Waals surface area contributed by atoms with Crippen LogP contribution in [-0.2, 0) is 9.84 Å². The normalized spacial score (nSPS) is 15.0. The third-order valence-electron chi connectivity index (χ3n) is 3.86. The predicted molar refractivity (Wildman–Crippen MR) is 81.0 cm³/mol. The molecule has 0 fully saturated rings. The van der Waals surface area contributed by atoms with Crippen LogP contribution in [-0.4, -0.2) is 13.2 Å². The first-order valence-electron chi connectivity index (χ1n) is 7.37. The van der Waals surface area contributed by atoms with Crippen molar-refractivity contribution in [1.82, 2.24) is 0 Å². The Morgan fingerprint density at radius 3 is 2.10 bits per heavy atom. The highest BCUT2D eigenvalue weighted by Crippen LogP contribution is 2.34. The molecule has 1 aromatic carbocycles. The Morgan fingerprint density at radius 2 is 1.60 bits per heavy atom.